The van der Waals surface area contributed by atoms with Crippen molar-refractivity contribution in [2.45, 2.75) is 5.22 Å². The van der Waals surface area contributed by atoms with Gasteiger partial charge < -0.3 is 4.42 Å². The van der Waals surface area contributed by atoms with Crippen LogP contribution in [0.15, 0.2) is 57.5 Å². The first-order valence-electron chi connectivity index (χ1n) is 6.87. The van der Waals surface area contributed by atoms with Gasteiger partial charge in [0.1, 0.15) is 0 Å². The number of hydrogen-bond acceptors (Lipinski definition) is 7. The predicted molar refractivity (Wildman–Crippen MR) is 90.4 cm³/mol. The molecule has 7 nitrogen and oxygen atoms in total. The van der Waals surface area contributed by atoms with E-state index in [4.69, 9.17) is 4.42 Å². The number of nitrogens with zero attached hydrogens (tertiary/aromatic N) is 2. The summed E-state index contributed by atoms with van der Waals surface area (Å²) in [5, 5.41) is 10.0. The lowest BCUT2D eigenvalue weighted by Gasteiger charge is -2.06. The summed E-state index contributed by atoms with van der Waals surface area (Å²) in [6.45, 7) is 0. The Kier molecular flexibility index (Phi) is 5.24. The molecule has 0 radical (unpaired) electrons. The van der Waals surface area contributed by atoms with Crippen molar-refractivity contribution in [3.63, 3.8) is 0 Å². The Labute approximate surface area is 145 Å². The average molecular weight is 360 g/mol. The number of hydrazine groups is 1. The van der Waals surface area contributed by atoms with Crippen LogP contribution >= 0.6 is 23.1 Å². The number of thioether (sulfide) groups is 1. The molecule has 0 spiro atoms. The number of carbonyl (C=O) groups is 2. The lowest BCUT2D eigenvalue weighted by atomic mass is 10.2. The number of hydrogen-bond donors (Lipinski definition) is 2. The Morgan fingerprint density at radius 2 is 1.92 bits per heavy atom. The van der Waals surface area contributed by atoms with Crippen LogP contribution in [0.25, 0.3) is 10.8 Å². The van der Waals surface area contributed by atoms with Crippen molar-refractivity contribution in [3.8, 4) is 10.8 Å². The van der Waals surface area contributed by atoms with Crippen LogP contribution in [0.1, 0.15) is 10.4 Å². The lowest BCUT2D eigenvalue weighted by molar-refractivity contribution is -0.119. The van der Waals surface area contributed by atoms with Gasteiger partial charge in [-0.15, -0.1) is 21.5 Å². The highest BCUT2D eigenvalue weighted by molar-refractivity contribution is 7.99. The molecule has 2 N–H and O–H groups in total. The van der Waals surface area contributed by atoms with Gasteiger partial charge in [-0.25, -0.2) is 0 Å². The average Bonchev–Trinajstić information content (AvgIpc) is 3.29. The van der Waals surface area contributed by atoms with E-state index in [1.807, 2.05) is 17.5 Å². The molecule has 0 atom stereocenters. The van der Waals surface area contributed by atoms with Crippen molar-refractivity contribution in [1.82, 2.24) is 21.0 Å². The van der Waals surface area contributed by atoms with Crippen LogP contribution in [0.4, 0.5) is 0 Å². The molecule has 0 unspecified atom stereocenters. The molecular weight excluding hydrogens is 348 g/mol. The first-order chi connectivity index (χ1) is 11.7. The van der Waals surface area contributed by atoms with Crippen LogP contribution in [0, 0.1) is 0 Å². The fourth-order valence-electron chi connectivity index (χ4n) is 1.72. The minimum atomic E-state index is -0.383. The monoisotopic (exact) mass is 360 g/mol. The molecule has 3 aromatic rings. The van der Waals surface area contributed by atoms with Gasteiger partial charge in [-0.2, -0.15) is 0 Å². The van der Waals surface area contributed by atoms with E-state index in [1.54, 1.807) is 30.3 Å². The maximum Gasteiger partial charge on any atom is 0.277 e. The van der Waals surface area contributed by atoms with E-state index >= 15 is 0 Å². The van der Waals surface area contributed by atoms with Gasteiger partial charge in [0.25, 0.3) is 17.0 Å². The second-order valence-electron chi connectivity index (χ2n) is 4.51. The molecule has 24 heavy (non-hydrogen) atoms. The van der Waals surface area contributed by atoms with Crippen LogP contribution in [0.5, 0.6) is 0 Å². The fraction of sp³-hybridized carbons (Fsp3) is 0.0667. The van der Waals surface area contributed by atoms with E-state index in [0.29, 0.717) is 16.7 Å². The van der Waals surface area contributed by atoms with E-state index in [9.17, 15) is 9.59 Å². The largest absolute Gasteiger partial charge is 0.410 e. The molecule has 0 aliphatic rings. The van der Waals surface area contributed by atoms with Gasteiger partial charge in [0.15, 0.2) is 0 Å². The first kappa shape index (κ1) is 16.2. The first-order valence-corrected chi connectivity index (χ1v) is 8.73. The molecule has 1 aromatic carbocycles. The summed E-state index contributed by atoms with van der Waals surface area (Å²) in [5.41, 5.74) is 5.15. The molecule has 0 aliphatic carbocycles. The van der Waals surface area contributed by atoms with Crippen molar-refractivity contribution >= 4 is 34.9 Å². The zero-order valence-electron chi connectivity index (χ0n) is 12.3. The molecule has 0 saturated carbocycles. The Bertz CT molecular complexity index is 818. The van der Waals surface area contributed by atoms with Crippen LogP contribution in [-0.4, -0.2) is 27.8 Å². The topological polar surface area (TPSA) is 97.1 Å². The summed E-state index contributed by atoms with van der Waals surface area (Å²) in [6.07, 6.45) is 0. The lowest BCUT2D eigenvalue weighted by Crippen LogP contribution is -2.42. The van der Waals surface area contributed by atoms with E-state index in [2.05, 4.69) is 21.0 Å². The highest BCUT2D eigenvalue weighted by atomic mass is 32.2. The maximum atomic E-state index is 11.8. The van der Waals surface area contributed by atoms with Crippen molar-refractivity contribution in [1.29, 1.82) is 0 Å². The summed E-state index contributed by atoms with van der Waals surface area (Å²) in [7, 11) is 0. The molecule has 2 heterocycles. The third kappa shape index (κ3) is 4.21. The molecule has 0 saturated heterocycles. The summed E-state index contributed by atoms with van der Waals surface area (Å²) < 4.78 is 5.46. The third-order valence-corrected chi connectivity index (χ3v) is 4.49. The molecule has 0 fully saturated rings. The van der Waals surface area contributed by atoms with E-state index in [-0.39, 0.29) is 17.6 Å². The number of rotatable bonds is 5. The Morgan fingerprint density at radius 3 is 2.67 bits per heavy atom. The summed E-state index contributed by atoms with van der Waals surface area (Å²) in [6, 6.07) is 12.4. The van der Waals surface area contributed by atoms with Gasteiger partial charge >= 0.3 is 0 Å². The van der Waals surface area contributed by atoms with Crippen molar-refractivity contribution in [3.05, 3.63) is 53.4 Å². The maximum absolute atomic E-state index is 11.8. The molecule has 2 aromatic heterocycles. The van der Waals surface area contributed by atoms with Gasteiger partial charge in [-0.05, 0) is 23.6 Å². The second kappa shape index (κ2) is 7.75. The smallest absolute Gasteiger partial charge is 0.277 e. The molecule has 9 heteroatoms. The highest BCUT2D eigenvalue weighted by Gasteiger charge is 2.12. The molecule has 122 valence electrons. The van der Waals surface area contributed by atoms with E-state index in [0.717, 1.165) is 16.6 Å². The van der Waals surface area contributed by atoms with Gasteiger partial charge in [0.2, 0.25) is 5.91 Å². The number of nitrogens with one attached hydrogen (secondary N) is 2. The normalized spacial score (nSPS) is 10.3. The van der Waals surface area contributed by atoms with Gasteiger partial charge in [0.05, 0.1) is 10.6 Å². The Morgan fingerprint density at radius 1 is 1.08 bits per heavy atom. The van der Waals surface area contributed by atoms with Crippen LogP contribution in [0.3, 0.4) is 0 Å². The second-order valence-corrected chi connectivity index (χ2v) is 6.38. The van der Waals surface area contributed by atoms with Gasteiger partial charge in [-0.3, -0.25) is 20.4 Å². The SMILES string of the molecule is O=C(CSc1nnc(-c2cccs2)o1)NNC(=O)c1ccccc1. The minimum absolute atomic E-state index is 0.0428. The summed E-state index contributed by atoms with van der Waals surface area (Å²) >= 11 is 2.59. The molecule has 3 rings (SSSR count). The minimum Gasteiger partial charge on any atom is -0.410 e. The molecule has 2 amide bonds. The highest BCUT2D eigenvalue weighted by Crippen LogP contribution is 2.26. The zero-order valence-corrected chi connectivity index (χ0v) is 13.9. The van der Waals surface area contributed by atoms with Crippen molar-refractivity contribution in [2.24, 2.45) is 0 Å². The Hall–Kier alpha value is -2.65. The fourth-order valence-corrected chi connectivity index (χ4v) is 2.93. The Balaban J connectivity index is 1.45. The van der Waals surface area contributed by atoms with Crippen molar-refractivity contribution < 1.29 is 14.0 Å². The van der Waals surface area contributed by atoms with Crippen LogP contribution < -0.4 is 10.9 Å². The zero-order chi connectivity index (χ0) is 16.8. The standard InChI is InChI=1S/C15H12N4O3S2/c20-12(16-17-13(21)10-5-2-1-3-6-10)9-24-15-19-18-14(22-15)11-7-4-8-23-11/h1-8H,9H2,(H,16,20)(H,17,21). The number of thiophene rings is 1. The number of amides is 2. The molecule has 0 bridgehead atoms. The predicted octanol–water partition coefficient (Wildman–Crippen LogP) is 2.35. The molecular formula is C15H12N4O3S2. The number of benzene rings is 1. The molecule has 0 aliphatic heterocycles. The quantitative estimate of drug-likeness (QED) is 0.535. The van der Waals surface area contributed by atoms with Crippen LogP contribution in [-0.2, 0) is 4.79 Å². The third-order valence-electron chi connectivity index (χ3n) is 2.82. The van der Waals surface area contributed by atoms with Crippen LogP contribution in [0.2, 0.25) is 0 Å². The summed E-state index contributed by atoms with van der Waals surface area (Å²) in [4.78, 5) is 24.4. The summed E-state index contributed by atoms with van der Waals surface area (Å²) in [5.74, 6) is -0.293. The number of aromatic nitrogens is 2. The van der Waals surface area contributed by atoms with Gasteiger partial charge in [0, 0.05) is 5.56 Å². The van der Waals surface area contributed by atoms with Crippen molar-refractivity contribution in [2.75, 3.05) is 5.75 Å². The van der Waals surface area contributed by atoms with E-state index in [1.165, 1.54) is 11.3 Å². The van der Waals surface area contributed by atoms with E-state index < -0.39 is 0 Å². The number of carbonyl (C=O) groups excluding carboxylic acids is 2. The van der Waals surface area contributed by atoms with Gasteiger partial charge in [-0.1, -0.05) is 36.0 Å².